The van der Waals surface area contributed by atoms with Gasteiger partial charge in [0.05, 0.1) is 0 Å². The van der Waals surface area contributed by atoms with Gasteiger partial charge in [-0.05, 0) is 38.5 Å². The van der Waals surface area contributed by atoms with E-state index in [0.717, 1.165) is 0 Å². The highest BCUT2D eigenvalue weighted by atomic mass is 35.5. The molecule has 6 heteroatoms. The van der Waals surface area contributed by atoms with Gasteiger partial charge >= 0.3 is 0 Å². The van der Waals surface area contributed by atoms with E-state index in [0.29, 0.717) is 24.2 Å². The number of nitrogen functional groups attached to an aromatic ring is 1. The highest BCUT2D eigenvalue weighted by Crippen LogP contribution is 2.15. The van der Waals surface area contributed by atoms with E-state index in [4.69, 9.17) is 5.73 Å². The first-order chi connectivity index (χ1) is 8.99. The first kappa shape index (κ1) is 16.3. The minimum absolute atomic E-state index is 0. The van der Waals surface area contributed by atoms with Gasteiger partial charge in [-0.15, -0.1) is 12.4 Å². The first-order valence-corrected chi connectivity index (χ1v) is 6.46. The summed E-state index contributed by atoms with van der Waals surface area (Å²) in [6.45, 7) is 4.64. The zero-order valence-electron chi connectivity index (χ0n) is 11.6. The van der Waals surface area contributed by atoms with Gasteiger partial charge in [0.2, 0.25) is 5.91 Å². The summed E-state index contributed by atoms with van der Waals surface area (Å²) in [4.78, 5) is 25.9. The molecule has 1 aromatic carbocycles. The van der Waals surface area contributed by atoms with Gasteiger partial charge in [-0.25, -0.2) is 0 Å². The molecule has 5 nitrogen and oxygen atoms in total. The van der Waals surface area contributed by atoms with Gasteiger partial charge in [-0.3, -0.25) is 9.59 Å². The standard InChI is InChI=1S/C14H19N3O2.ClH/c1-9(2)17-7-6-12(14(17)19)16-13(18)10-4-3-5-11(15)8-10;/h3-5,8-9,12H,6-7,15H2,1-2H3,(H,16,18);1H. The van der Waals surface area contributed by atoms with E-state index in [2.05, 4.69) is 5.32 Å². The van der Waals surface area contributed by atoms with Crippen molar-refractivity contribution in [2.24, 2.45) is 0 Å². The van der Waals surface area contributed by atoms with Crippen LogP contribution in [0.3, 0.4) is 0 Å². The number of amides is 2. The predicted octanol–water partition coefficient (Wildman–Crippen LogP) is 1.43. The molecule has 0 aliphatic carbocycles. The van der Waals surface area contributed by atoms with Crippen LogP contribution in [0.1, 0.15) is 30.6 Å². The van der Waals surface area contributed by atoms with Crippen LogP contribution in [0.15, 0.2) is 24.3 Å². The fourth-order valence-electron chi connectivity index (χ4n) is 2.27. The molecule has 0 saturated carbocycles. The molecule has 20 heavy (non-hydrogen) atoms. The van der Waals surface area contributed by atoms with E-state index in [1.54, 1.807) is 29.2 Å². The van der Waals surface area contributed by atoms with Gasteiger partial charge in [0.25, 0.3) is 5.91 Å². The summed E-state index contributed by atoms with van der Waals surface area (Å²) in [7, 11) is 0. The quantitative estimate of drug-likeness (QED) is 0.829. The SMILES string of the molecule is CC(C)N1CCC(NC(=O)c2cccc(N)c2)C1=O.Cl. The smallest absolute Gasteiger partial charge is 0.252 e. The largest absolute Gasteiger partial charge is 0.399 e. The van der Waals surface area contributed by atoms with Gasteiger partial charge < -0.3 is 16.0 Å². The molecule has 0 aromatic heterocycles. The molecule has 1 atom stereocenters. The number of nitrogens with one attached hydrogen (secondary N) is 1. The van der Waals surface area contributed by atoms with Crippen molar-refractivity contribution in [1.29, 1.82) is 0 Å². The van der Waals surface area contributed by atoms with Gasteiger partial charge in [0.15, 0.2) is 0 Å². The highest BCUT2D eigenvalue weighted by molar-refractivity contribution is 5.98. The number of benzene rings is 1. The fraction of sp³-hybridized carbons (Fsp3) is 0.429. The van der Waals surface area contributed by atoms with Crippen molar-refractivity contribution < 1.29 is 9.59 Å². The average molecular weight is 298 g/mol. The van der Waals surface area contributed by atoms with Gasteiger partial charge in [-0.1, -0.05) is 6.07 Å². The third kappa shape index (κ3) is 3.42. The van der Waals surface area contributed by atoms with Crippen LogP contribution in [0.5, 0.6) is 0 Å². The van der Waals surface area contributed by atoms with E-state index in [1.807, 2.05) is 13.8 Å². The molecule has 1 aliphatic rings. The molecule has 0 radical (unpaired) electrons. The van der Waals surface area contributed by atoms with Crippen LogP contribution in [-0.4, -0.2) is 35.3 Å². The Bertz CT molecular complexity index is 505. The van der Waals surface area contributed by atoms with Crippen LogP contribution in [0.4, 0.5) is 5.69 Å². The molecule has 3 N–H and O–H groups in total. The van der Waals surface area contributed by atoms with Crippen molar-refractivity contribution >= 4 is 29.9 Å². The number of nitrogens with zero attached hydrogens (tertiary/aromatic N) is 1. The topological polar surface area (TPSA) is 75.4 Å². The molecule has 1 unspecified atom stereocenters. The normalized spacial score (nSPS) is 18.1. The van der Waals surface area contributed by atoms with Crippen molar-refractivity contribution in [1.82, 2.24) is 10.2 Å². The third-order valence-electron chi connectivity index (χ3n) is 3.32. The number of hydrogen-bond acceptors (Lipinski definition) is 3. The summed E-state index contributed by atoms with van der Waals surface area (Å²) < 4.78 is 0. The minimum atomic E-state index is -0.420. The lowest BCUT2D eigenvalue weighted by Crippen LogP contribution is -2.43. The number of carbonyl (C=O) groups is 2. The molecule has 0 spiro atoms. The van der Waals surface area contributed by atoms with Crippen LogP contribution >= 0.6 is 12.4 Å². The lowest BCUT2D eigenvalue weighted by Gasteiger charge is -2.21. The van der Waals surface area contributed by atoms with Crippen LogP contribution in [0, 0.1) is 0 Å². The molecule has 1 saturated heterocycles. The zero-order valence-corrected chi connectivity index (χ0v) is 12.4. The Hall–Kier alpha value is -1.75. The second kappa shape index (κ2) is 6.61. The lowest BCUT2D eigenvalue weighted by atomic mass is 10.1. The van der Waals surface area contributed by atoms with Crippen molar-refractivity contribution in [3.8, 4) is 0 Å². The number of rotatable bonds is 3. The average Bonchev–Trinajstić information content (AvgIpc) is 2.71. The summed E-state index contributed by atoms with van der Waals surface area (Å²) in [6, 6.07) is 6.48. The Morgan fingerprint density at radius 1 is 1.45 bits per heavy atom. The molecule has 0 bridgehead atoms. The van der Waals surface area contributed by atoms with E-state index < -0.39 is 6.04 Å². The maximum atomic E-state index is 12.1. The van der Waals surface area contributed by atoms with Gasteiger partial charge in [0.1, 0.15) is 6.04 Å². The van der Waals surface area contributed by atoms with Crippen molar-refractivity contribution in [3.05, 3.63) is 29.8 Å². The molecule has 2 rings (SSSR count). The van der Waals surface area contributed by atoms with Crippen molar-refractivity contribution in [2.75, 3.05) is 12.3 Å². The van der Waals surface area contributed by atoms with Crippen molar-refractivity contribution in [3.63, 3.8) is 0 Å². The maximum Gasteiger partial charge on any atom is 0.252 e. The second-order valence-corrected chi connectivity index (χ2v) is 5.07. The van der Waals surface area contributed by atoms with E-state index in [9.17, 15) is 9.59 Å². The Morgan fingerprint density at radius 3 is 2.70 bits per heavy atom. The molecule has 1 heterocycles. The number of carbonyl (C=O) groups excluding carboxylic acids is 2. The van der Waals surface area contributed by atoms with E-state index >= 15 is 0 Å². The monoisotopic (exact) mass is 297 g/mol. The van der Waals surface area contributed by atoms with E-state index in [1.165, 1.54) is 0 Å². The summed E-state index contributed by atoms with van der Waals surface area (Å²) in [5.74, 6) is -0.261. The number of likely N-dealkylation sites (tertiary alicyclic amines) is 1. The highest BCUT2D eigenvalue weighted by Gasteiger charge is 2.33. The van der Waals surface area contributed by atoms with E-state index in [-0.39, 0.29) is 30.3 Å². The number of nitrogens with two attached hydrogens (primary N) is 1. The summed E-state index contributed by atoms with van der Waals surface area (Å²) in [6.07, 6.45) is 0.658. The zero-order chi connectivity index (χ0) is 14.0. The summed E-state index contributed by atoms with van der Waals surface area (Å²) >= 11 is 0. The van der Waals surface area contributed by atoms with Crippen LogP contribution < -0.4 is 11.1 Å². The first-order valence-electron chi connectivity index (χ1n) is 6.46. The number of hydrogen-bond donors (Lipinski definition) is 2. The summed E-state index contributed by atoms with van der Waals surface area (Å²) in [5, 5.41) is 2.77. The fourth-order valence-corrected chi connectivity index (χ4v) is 2.27. The second-order valence-electron chi connectivity index (χ2n) is 5.07. The summed E-state index contributed by atoms with van der Waals surface area (Å²) in [5.41, 5.74) is 6.66. The maximum absolute atomic E-state index is 12.1. The Kier molecular flexibility index (Phi) is 5.39. The van der Waals surface area contributed by atoms with Crippen LogP contribution in [0.25, 0.3) is 0 Å². The molecule has 1 aromatic rings. The Labute approximate surface area is 124 Å². The minimum Gasteiger partial charge on any atom is -0.399 e. The molecule has 1 fully saturated rings. The molecule has 2 amide bonds. The molecule has 110 valence electrons. The molecular weight excluding hydrogens is 278 g/mol. The number of anilines is 1. The van der Waals surface area contributed by atoms with Gasteiger partial charge in [0, 0.05) is 23.8 Å². The molecular formula is C14H20ClN3O2. The predicted molar refractivity (Wildman–Crippen MR) is 80.8 cm³/mol. The number of halogens is 1. The Balaban J connectivity index is 0.00000200. The van der Waals surface area contributed by atoms with Crippen LogP contribution in [0.2, 0.25) is 0 Å². The third-order valence-corrected chi connectivity index (χ3v) is 3.32. The lowest BCUT2D eigenvalue weighted by molar-refractivity contribution is -0.130. The van der Waals surface area contributed by atoms with Gasteiger partial charge in [-0.2, -0.15) is 0 Å². The van der Waals surface area contributed by atoms with Crippen LogP contribution in [-0.2, 0) is 4.79 Å². The molecule has 1 aliphatic heterocycles. The van der Waals surface area contributed by atoms with Crippen molar-refractivity contribution in [2.45, 2.75) is 32.4 Å². The Morgan fingerprint density at radius 2 is 2.15 bits per heavy atom.